The zero-order valence-electron chi connectivity index (χ0n) is 18.1. The van der Waals surface area contributed by atoms with Crippen molar-refractivity contribution in [3.8, 4) is 0 Å². The minimum Gasteiger partial charge on any atom is -0.449 e. The predicted molar refractivity (Wildman–Crippen MR) is 111 cm³/mol. The van der Waals surface area contributed by atoms with Crippen LogP contribution >= 0.6 is 0 Å². The van der Waals surface area contributed by atoms with E-state index in [0.717, 1.165) is 23.6 Å². The zero-order chi connectivity index (χ0) is 21.9. The first kappa shape index (κ1) is 23.3. The van der Waals surface area contributed by atoms with E-state index >= 15 is 0 Å². The molecule has 1 saturated carbocycles. The fourth-order valence-electron chi connectivity index (χ4n) is 3.56. The molecule has 0 bridgehead atoms. The molecular formula is C21H32N2O5S. The molecule has 0 radical (unpaired) electrons. The van der Waals surface area contributed by atoms with Crippen LogP contribution in [0.15, 0.2) is 23.1 Å². The van der Waals surface area contributed by atoms with Crippen molar-refractivity contribution in [3.63, 3.8) is 0 Å². The fourth-order valence-corrected chi connectivity index (χ4v) is 4.48. The molecule has 1 aliphatic rings. The summed E-state index contributed by atoms with van der Waals surface area (Å²) in [7, 11) is -0.832. The Morgan fingerprint density at radius 2 is 1.86 bits per heavy atom. The SMILES string of the molecule is Cc1ccc(S(=O)(=O)N(C)C)cc1C(=O)O[C@@H](C)C(=O)N[C@H]1CCC[C@H](C)[C@@H]1C. The van der Waals surface area contributed by atoms with Crippen LogP contribution in [0.25, 0.3) is 0 Å². The monoisotopic (exact) mass is 424 g/mol. The van der Waals surface area contributed by atoms with Crippen LogP contribution in [0, 0.1) is 18.8 Å². The molecule has 0 saturated heterocycles. The number of aryl methyl sites for hydroxylation is 1. The lowest BCUT2D eigenvalue weighted by Gasteiger charge is -2.35. The van der Waals surface area contributed by atoms with Crippen molar-refractivity contribution >= 4 is 21.9 Å². The van der Waals surface area contributed by atoms with E-state index in [1.54, 1.807) is 13.0 Å². The summed E-state index contributed by atoms with van der Waals surface area (Å²) >= 11 is 0. The van der Waals surface area contributed by atoms with E-state index in [1.165, 1.54) is 33.2 Å². The van der Waals surface area contributed by atoms with Gasteiger partial charge in [-0.25, -0.2) is 17.5 Å². The maximum Gasteiger partial charge on any atom is 0.339 e. The summed E-state index contributed by atoms with van der Waals surface area (Å²) in [5, 5.41) is 3.00. The molecule has 0 heterocycles. The number of rotatable bonds is 6. The molecule has 1 aliphatic carbocycles. The number of esters is 1. The van der Waals surface area contributed by atoms with E-state index in [4.69, 9.17) is 4.74 Å². The first-order valence-corrected chi connectivity index (χ1v) is 11.4. The van der Waals surface area contributed by atoms with Gasteiger partial charge < -0.3 is 10.1 Å². The maximum absolute atomic E-state index is 12.6. The zero-order valence-corrected chi connectivity index (χ0v) is 18.9. The molecular weight excluding hydrogens is 392 g/mol. The van der Waals surface area contributed by atoms with Gasteiger partial charge in [0.15, 0.2) is 6.10 Å². The molecule has 1 fully saturated rings. The number of carbonyl (C=O) groups excluding carboxylic acids is 2. The fraction of sp³-hybridized carbons (Fsp3) is 0.619. The van der Waals surface area contributed by atoms with Crippen molar-refractivity contribution < 1.29 is 22.7 Å². The van der Waals surface area contributed by atoms with E-state index in [2.05, 4.69) is 19.2 Å². The van der Waals surface area contributed by atoms with E-state index < -0.39 is 22.1 Å². The summed E-state index contributed by atoms with van der Waals surface area (Å²) < 4.78 is 31.1. The summed E-state index contributed by atoms with van der Waals surface area (Å²) in [5.74, 6) is -0.147. The van der Waals surface area contributed by atoms with Gasteiger partial charge in [-0.05, 0) is 49.8 Å². The average molecular weight is 425 g/mol. The van der Waals surface area contributed by atoms with Crippen molar-refractivity contribution in [3.05, 3.63) is 29.3 Å². The Kier molecular flexibility index (Phi) is 7.45. The highest BCUT2D eigenvalue weighted by molar-refractivity contribution is 7.89. The number of amides is 1. The van der Waals surface area contributed by atoms with Gasteiger partial charge in [0.05, 0.1) is 10.5 Å². The molecule has 1 aromatic carbocycles. The van der Waals surface area contributed by atoms with Gasteiger partial charge in [0.25, 0.3) is 5.91 Å². The summed E-state index contributed by atoms with van der Waals surface area (Å²) in [5.41, 5.74) is 0.710. The lowest BCUT2D eigenvalue weighted by atomic mass is 9.78. The van der Waals surface area contributed by atoms with E-state index in [0.29, 0.717) is 17.4 Å². The number of benzene rings is 1. The Labute approximate surface area is 173 Å². The molecule has 1 N–H and O–H groups in total. The van der Waals surface area contributed by atoms with Crippen LogP contribution in [0.5, 0.6) is 0 Å². The number of hydrogen-bond acceptors (Lipinski definition) is 5. The standard InChI is InChI=1S/C21H32N2O5S/c1-13-8-7-9-19(15(13)3)22-20(24)16(4)28-21(25)18-12-17(11-10-14(18)2)29(26,27)23(5)6/h10-13,15-16,19H,7-9H2,1-6H3,(H,22,24)/t13-,15-,16-,19-/m0/s1. The Bertz CT molecular complexity index is 866. The summed E-state index contributed by atoms with van der Waals surface area (Å²) in [6.07, 6.45) is 2.17. The Balaban J connectivity index is 2.10. The van der Waals surface area contributed by atoms with Crippen LogP contribution in [-0.4, -0.2) is 50.8 Å². The Morgan fingerprint density at radius 3 is 2.48 bits per heavy atom. The van der Waals surface area contributed by atoms with Gasteiger partial charge in [0.2, 0.25) is 10.0 Å². The molecule has 162 valence electrons. The number of hydrogen-bond donors (Lipinski definition) is 1. The lowest BCUT2D eigenvalue weighted by molar-refractivity contribution is -0.130. The van der Waals surface area contributed by atoms with Crippen molar-refractivity contribution in [2.75, 3.05) is 14.1 Å². The molecule has 8 heteroatoms. The highest BCUT2D eigenvalue weighted by Gasteiger charge is 2.30. The third-order valence-corrected chi connectivity index (χ3v) is 7.71. The second kappa shape index (κ2) is 9.26. The molecule has 1 amide bonds. The van der Waals surface area contributed by atoms with Gasteiger partial charge in [-0.2, -0.15) is 0 Å². The van der Waals surface area contributed by atoms with Gasteiger partial charge in [0, 0.05) is 20.1 Å². The van der Waals surface area contributed by atoms with E-state index in [1.807, 2.05) is 0 Å². The lowest BCUT2D eigenvalue weighted by Crippen LogP contribution is -2.47. The molecule has 1 aromatic rings. The second-order valence-corrected chi connectivity index (χ2v) is 10.3. The van der Waals surface area contributed by atoms with Crippen LogP contribution < -0.4 is 5.32 Å². The number of carbonyl (C=O) groups is 2. The minimum absolute atomic E-state index is 0.00201. The van der Waals surface area contributed by atoms with Gasteiger partial charge in [-0.15, -0.1) is 0 Å². The predicted octanol–water partition coefficient (Wildman–Crippen LogP) is 2.73. The van der Waals surface area contributed by atoms with Crippen molar-refractivity contribution in [1.82, 2.24) is 9.62 Å². The Morgan fingerprint density at radius 1 is 1.21 bits per heavy atom. The third-order valence-electron chi connectivity index (χ3n) is 5.90. The van der Waals surface area contributed by atoms with Crippen LogP contribution in [0.2, 0.25) is 0 Å². The maximum atomic E-state index is 12.6. The molecule has 7 nitrogen and oxygen atoms in total. The summed E-state index contributed by atoms with van der Waals surface area (Å²) in [4.78, 5) is 25.2. The summed E-state index contributed by atoms with van der Waals surface area (Å²) in [6, 6.07) is 4.37. The second-order valence-electron chi connectivity index (χ2n) is 8.19. The first-order valence-electron chi connectivity index (χ1n) is 9.99. The average Bonchev–Trinajstić information content (AvgIpc) is 2.65. The smallest absolute Gasteiger partial charge is 0.339 e. The normalized spacial score (nSPS) is 23.5. The van der Waals surface area contributed by atoms with Crippen LogP contribution in [-0.2, 0) is 19.6 Å². The number of ether oxygens (including phenoxy) is 1. The number of nitrogens with zero attached hydrogens (tertiary/aromatic N) is 1. The van der Waals surface area contributed by atoms with Crippen molar-refractivity contribution in [2.24, 2.45) is 11.8 Å². The topological polar surface area (TPSA) is 92.8 Å². The number of nitrogens with one attached hydrogen (secondary N) is 1. The highest BCUT2D eigenvalue weighted by atomic mass is 32.2. The van der Waals surface area contributed by atoms with Crippen LogP contribution in [0.3, 0.4) is 0 Å². The largest absolute Gasteiger partial charge is 0.449 e. The molecule has 0 unspecified atom stereocenters. The van der Waals surface area contributed by atoms with E-state index in [-0.39, 0.29) is 22.4 Å². The van der Waals surface area contributed by atoms with Crippen LogP contribution in [0.4, 0.5) is 0 Å². The Hall–Kier alpha value is -1.93. The van der Waals surface area contributed by atoms with E-state index in [9.17, 15) is 18.0 Å². The van der Waals surface area contributed by atoms with Gasteiger partial charge >= 0.3 is 5.97 Å². The molecule has 0 aliphatic heterocycles. The molecule has 4 atom stereocenters. The van der Waals surface area contributed by atoms with Crippen molar-refractivity contribution in [1.29, 1.82) is 0 Å². The first-order chi connectivity index (χ1) is 13.4. The van der Waals surface area contributed by atoms with Crippen LogP contribution in [0.1, 0.15) is 56.0 Å². The van der Waals surface area contributed by atoms with Gasteiger partial charge in [0.1, 0.15) is 0 Å². The number of sulfonamides is 1. The molecule has 2 rings (SSSR count). The molecule has 0 aromatic heterocycles. The summed E-state index contributed by atoms with van der Waals surface area (Å²) in [6.45, 7) is 7.54. The highest BCUT2D eigenvalue weighted by Crippen LogP contribution is 2.29. The molecule has 29 heavy (non-hydrogen) atoms. The molecule has 0 spiro atoms. The van der Waals surface area contributed by atoms with Gasteiger partial charge in [-0.3, -0.25) is 4.79 Å². The van der Waals surface area contributed by atoms with Gasteiger partial charge in [-0.1, -0.05) is 32.8 Å². The van der Waals surface area contributed by atoms with Crippen molar-refractivity contribution in [2.45, 2.75) is 64.0 Å². The quantitative estimate of drug-likeness (QED) is 0.709. The third kappa shape index (κ3) is 5.36. The minimum atomic E-state index is -3.68.